The first-order valence-corrected chi connectivity index (χ1v) is 6.81. The Hall–Kier alpha value is -0.710. The number of aromatic nitrogens is 1. The second-order valence-corrected chi connectivity index (χ2v) is 5.86. The van der Waals surface area contributed by atoms with Gasteiger partial charge in [-0.15, -0.1) is 22.7 Å². The van der Waals surface area contributed by atoms with E-state index in [1.165, 1.54) is 28.3 Å². The lowest BCUT2D eigenvalue weighted by Crippen LogP contribution is -2.09. The molecule has 2 nitrogen and oxygen atoms in total. The highest BCUT2D eigenvalue weighted by atomic mass is 32.1. The minimum atomic E-state index is -0.0133. The molecule has 0 radical (unpaired) electrons. The van der Waals surface area contributed by atoms with E-state index in [1.54, 1.807) is 22.7 Å². The van der Waals surface area contributed by atoms with Crippen molar-refractivity contribution in [3.8, 4) is 0 Å². The van der Waals surface area contributed by atoms with Crippen LogP contribution in [0.2, 0.25) is 0 Å². The Kier molecular flexibility index (Phi) is 2.35. The van der Waals surface area contributed by atoms with Gasteiger partial charge in [0, 0.05) is 9.75 Å². The molecule has 0 aliphatic heterocycles. The van der Waals surface area contributed by atoms with Gasteiger partial charge < -0.3 is 5.73 Å². The number of fused-ring (bicyclic) bond motifs is 1. The summed E-state index contributed by atoms with van der Waals surface area (Å²) in [5.41, 5.74) is 7.47. The molecule has 0 amide bonds. The Morgan fingerprint density at radius 2 is 2.33 bits per heavy atom. The Morgan fingerprint density at radius 1 is 1.40 bits per heavy atom. The van der Waals surface area contributed by atoms with Gasteiger partial charge in [-0.25, -0.2) is 4.98 Å². The van der Waals surface area contributed by atoms with E-state index in [0.29, 0.717) is 0 Å². The fourth-order valence-electron chi connectivity index (χ4n) is 1.93. The normalized spacial score (nSPS) is 16.6. The van der Waals surface area contributed by atoms with Crippen LogP contribution >= 0.6 is 22.7 Å². The van der Waals surface area contributed by atoms with Crippen LogP contribution in [0.1, 0.15) is 32.9 Å². The van der Waals surface area contributed by atoms with Gasteiger partial charge in [0.05, 0.1) is 11.7 Å². The summed E-state index contributed by atoms with van der Waals surface area (Å²) < 4.78 is 0. The van der Waals surface area contributed by atoms with Crippen molar-refractivity contribution in [3.05, 3.63) is 38.0 Å². The van der Waals surface area contributed by atoms with E-state index in [2.05, 4.69) is 16.4 Å². The molecule has 0 aromatic carbocycles. The highest BCUT2D eigenvalue weighted by molar-refractivity contribution is 7.12. The van der Waals surface area contributed by atoms with Crippen molar-refractivity contribution in [1.82, 2.24) is 4.98 Å². The number of aryl methyl sites for hydroxylation is 2. The van der Waals surface area contributed by atoms with E-state index in [1.807, 2.05) is 6.07 Å². The van der Waals surface area contributed by atoms with Gasteiger partial charge in [0.15, 0.2) is 0 Å². The van der Waals surface area contributed by atoms with Crippen molar-refractivity contribution in [1.29, 1.82) is 0 Å². The Bertz CT molecular complexity index is 437. The molecule has 4 heteroatoms. The SMILES string of the molecule is NC(c1cccs1)c1nc2c(s1)CCC2. The molecule has 0 saturated heterocycles. The van der Waals surface area contributed by atoms with E-state index in [0.717, 1.165) is 11.4 Å². The second kappa shape index (κ2) is 3.70. The van der Waals surface area contributed by atoms with Gasteiger partial charge in [-0.05, 0) is 30.7 Å². The zero-order chi connectivity index (χ0) is 10.3. The van der Waals surface area contributed by atoms with Crippen LogP contribution in [-0.4, -0.2) is 4.98 Å². The minimum Gasteiger partial charge on any atom is -0.318 e. The van der Waals surface area contributed by atoms with E-state index >= 15 is 0 Å². The topological polar surface area (TPSA) is 38.9 Å². The summed E-state index contributed by atoms with van der Waals surface area (Å²) >= 11 is 3.51. The van der Waals surface area contributed by atoms with Crippen molar-refractivity contribution in [2.24, 2.45) is 5.73 Å². The first-order chi connectivity index (χ1) is 7.34. The molecule has 15 heavy (non-hydrogen) atoms. The van der Waals surface area contributed by atoms with Crippen molar-refractivity contribution in [2.75, 3.05) is 0 Å². The smallest absolute Gasteiger partial charge is 0.115 e. The third-order valence-electron chi connectivity index (χ3n) is 2.73. The minimum absolute atomic E-state index is 0.0133. The highest BCUT2D eigenvalue weighted by Gasteiger charge is 2.21. The van der Waals surface area contributed by atoms with E-state index in [-0.39, 0.29) is 6.04 Å². The number of rotatable bonds is 2. The van der Waals surface area contributed by atoms with Crippen molar-refractivity contribution in [3.63, 3.8) is 0 Å². The van der Waals surface area contributed by atoms with E-state index in [9.17, 15) is 0 Å². The second-order valence-electron chi connectivity index (χ2n) is 3.77. The van der Waals surface area contributed by atoms with E-state index < -0.39 is 0 Å². The summed E-state index contributed by atoms with van der Waals surface area (Å²) in [6.07, 6.45) is 3.61. The third-order valence-corrected chi connectivity index (χ3v) is 4.92. The number of thiazole rings is 1. The molecule has 1 atom stereocenters. The predicted octanol–water partition coefficient (Wildman–Crippen LogP) is 2.74. The van der Waals surface area contributed by atoms with Gasteiger partial charge in [0.25, 0.3) is 0 Å². The van der Waals surface area contributed by atoms with Crippen molar-refractivity contribution in [2.45, 2.75) is 25.3 Å². The molecule has 1 aliphatic rings. The maximum absolute atomic E-state index is 6.18. The molecule has 0 fully saturated rings. The lowest BCUT2D eigenvalue weighted by Gasteiger charge is -2.04. The lowest BCUT2D eigenvalue weighted by molar-refractivity contribution is 0.847. The number of hydrogen-bond acceptors (Lipinski definition) is 4. The van der Waals surface area contributed by atoms with Gasteiger partial charge >= 0.3 is 0 Å². The summed E-state index contributed by atoms with van der Waals surface area (Å²) in [7, 11) is 0. The van der Waals surface area contributed by atoms with Gasteiger partial charge in [-0.1, -0.05) is 6.07 Å². The molecule has 1 aliphatic carbocycles. The fraction of sp³-hybridized carbons (Fsp3) is 0.364. The largest absolute Gasteiger partial charge is 0.318 e. The number of thiophene rings is 1. The first kappa shape index (κ1) is 9.51. The summed E-state index contributed by atoms with van der Waals surface area (Å²) in [5.74, 6) is 0. The molecule has 3 rings (SSSR count). The molecular formula is C11H12N2S2. The van der Waals surface area contributed by atoms with Crippen LogP contribution in [0.4, 0.5) is 0 Å². The van der Waals surface area contributed by atoms with Gasteiger partial charge in [-0.2, -0.15) is 0 Å². The molecule has 2 aromatic heterocycles. The van der Waals surface area contributed by atoms with Crippen LogP contribution in [-0.2, 0) is 12.8 Å². The average Bonchev–Trinajstić information content (AvgIpc) is 2.92. The van der Waals surface area contributed by atoms with E-state index in [4.69, 9.17) is 5.73 Å². The van der Waals surface area contributed by atoms with Gasteiger partial charge in [-0.3, -0.25) is 0 Å². The third kappa shape index (κ3) is 1.62. The molecule has 2 aromatic rings. The van der Waals surface area contributed by atoms with Gasteiger partial charge in [0.1, 0.15) is 5.01 Å². The summed E-state index contributed by atoms with van der Waals surface area (Å²) in [6, 6.07) is 4.11. The lowest BCUT2D eigenvalue weighted by atomic mass is 10.3. The van der Waals surface area contributed by atoms with Crippen molar-refractivity contribution < 1.29 is 0 Å². The highest BCUT2D eigenvalue weighted by Crippen LogP contribution is 2.33. The molecular weight excluding hydrogens is 224 g/mol. The first-order valence-electron chi connectivity index (χ1n) is 5.12. The molecule has 0 spiro atoms. The molecule has 78 valence electrons. The Balaban J connectivity index is 1.93. The number of nitrogens with two attached hydrogens (primary N) is 1. The summed E-state index contributed by atoms with van der Waals surface area (Å²) in [5, 5.41) is 3.15. The Morgan fingerprint density at radius 3 is 3.07 bits per heavy atom. The van der Waals surface area contributed by atoms with Crippen molar-refractivity contribution >= 4 is 22.7 Å². The molecule has 0 saturated carbocycles. The fourth-order valence-corrected chi connectivity index (χ4v) is 3.91. The van der Waals surface area contributed by atoms with Crippen LogP contribution < -0.4 is 5.73 Å². The number of hydrogen-bond donors (Lipinski definition) is 1. The standard InChI is InChI=1S/C11H12N2S2/c12-10(9-5-2-6-14-9)11-13-7-3-1-4-8(7)15-11/h2,5-6,10H,1,3-4,12H2. The molecule has 2 heterocycles. The zero-order valence-electron chi connectivity index (χ0n) is 8.27. The summed E-state index contributed by atoms with van der Waals surface area (Å²) in [6.45, 7) is 0. The molecule has 2 N–H and O–H groups in total. The van der Waals surface area contributed by atoms with Crippen LogP contribution in [0.3, 0.4) is 0 Å². The number of nitrogens with zero attached hydrogens (tertiary/aromatic N) is 1. The monoisotopic (exact) mass is 236 g/mol. The molecule has 0 bridgehead atoms. The molecule has 1 unspecified atom stereocenters. The van der Waals surface area contributed by atoms with Crippen LogP contribution in [0.25, 0.3) is 0 Å². The van der Waals surface area contributed by atoms with Crippen LogP contribution in [0.15, 0.2) is 17.5 Å². The quantitative estimate of drug-likeness (QED) is 0.870. The maximum Gasteiger partial charge on any atom is 0.115 e. The summed E-state index contributed by atoms with van der Waals surface area (Å²) in [4.78, 5) is 7.31. The Labute approximate surface area is 96.8 Å². The predicted molar refractivity (Wildman–Crippen MR) is 64.5 cm³/mol. The van der Waals surface area contributed by atoms with Crippen LogP contribution in [0.5, 0.6) is 0 Å². The average molecular weight is 236 g/mol. The zero-order valence-corrected chi connectivity index (χ0v) is 9.90. The maximum atomic E-state index is 6.18. The van der Waals surface area contributed by atoms with Gasteiger partial charge in [0.2, 0.25) is 0 Å². The van der Waals surface area contributed by atoms with Crippen LogP contribution in [0, 0.1) is 0 Å².